The molecule has 2 aromatic rings. The predicted molar refractivity (Wildman–Crippen MR) is 98.4 cm³/mol. The lowest BCUT2D eigenvalue weighted by atomic mass is 10.1. The number of hydrogen-bond acceptors (Lipinski definition) is 5. The molecule has 0 saturated carbocycles. The van der Waals surface area contributed by atoms with Crippen molar-refractivity contribution in [3.05, 3.63) is 53.6 Å². The van der Waals surface area contributed by atoms with Crippen LogP contribution in [0, 0.1) is 6.92 Å². The van der Waals surface area contributed by atoms with Gasteiger partial charge in [-0.3, -0.25) is 10.1 Å². The van der Waals surface area contributed by atoms with E-state index in [2.05, 4.69) is 10.6 Å². The van der Waals surface area contributed by atoms with Crippen LogP contribution in [-0.4, -0.2) is 24.6 Å². The summed E-state index contributed by atoms with van der Waals surface area (Å²) in [5.41, 5.74) is 1.91. The van der Waals surface area contributed by atoms with Crippen LogP contribution >= 0.6 is 0 Å². The Hall–Kier alpha value is -2.86. The average Bonchev–Trinajstić information content (AvgIpc) is 3.10. The molecule has 2 aromatic carbocycles. The zero-order valence-electron chi connectivity index (χ0n) is 14.9. The Labute approximate surface area is 152 Å². The molecule has 6 heteroatoms. The molecule has 0 spiro atoms. The number of carbonyl (C=O) groups excluding carboxylic acids is 2. The van der Waals surface area contributed by atoms with E-state index in [0.717, 1.165) is 24.9 Å². The van der Waals surface area contributed by atoms with Gasteiger partial charge in [0.25, 0.3) is 0 Å². The van der Waals surface area contributed by atoms with Gasteiger partial charge in [0.05, 0.1) is 0 Å². The molecule has 136 valence electrons. The summed E-state index contributed by atoms with van der Waals surface area (Å²) in [6.07, 6.45) is 1.57. The van der Waals surface area contributed by atoms with Gasteiger partial charge in [-0.2, -0.15) is 0 Å². The van der Waals surface area contributed by atoms with Crippen molar-refractivity contribution in [3.8, 4) is 11.5 Å². The molecule has 0 bridgehead atoms. The fourth-order valence-corrected chi connectivity index (χ4v) is 2.82. The van der Waals surface area contributed by atoms with E-state index >= 15 is 0 Å². The summed E-state index contributed by atoms with van der Waals surface area (Å²) < 4.78 is 11.5. The summed E-state index contributed by atoms with van der Waals surface area (Å²) in [7, 11) is 0. The highest BCUT2D eigenvalue weighted by Crippen LogP contribution is 2.30. The molecule has 1 heterocycles. The van der Waals surface area contributed by atoms with Crippen LogP contribution in [-0.2, 0) is 9.53 Å². The second-order valence-electron chi connectivity index (χ2n) is 6.25. The number of rotatable bonds is 5. The highest BCUT2D eigenvalue weighted by atomic mass is 16.6. The van der Waals surface area contributed by atoms with Crippen molar-refractivity contribution in [1.29, 1.82) is 0 Å². The van der Waals surface area contributed by atoms with Crippen LogP contribution in [0.25, 0.3) is 0 Å². The maximum absolute atomic E-state index is 12.5. The average molecular weight is 354 g/mol. The summed E-state index contributed by atoms with van der Waals surface area (Å²) in [6.45, 7) is 4.19. The van der Waals surface area contributed by atoms with Gasteiger partial charge in [-0.15, -0.1) is 0 Å². The van der Waals surface area contributed by atoms with Crippen LogP contribution in [0.5, 0.6) is 11.5 Å². The lowest BCUT2D eigenvalue weighted by molar-refractivity contribution is -0.114. The number of para-hydroxylation sites is 1. The van der Waals surface area contributed by atoms with Gasteiger partial charge in [0.15, 0.2) is 6.23 Å². The van der Waals surface area contributed by atoms with Crippen LogP contribution in [0.15, 0.2) is 42.5 Å². The summed E-state index contributed by atoms with van der Waals surface area (Å²) in [5.74, 6) is 0.505. The van der Waals surface area contributed by atoms with Crippen molar-refractivity contribution in [3.63, 3.8) is 0 Å². The van der Waals surface area contributed by atoms with Gasteiger partial charge in [0.1, 0.15) is 17.1 Å². The van der Waals surface area contributed by atoms with Crippen molar-refractivity contribution >= 4 is 17.6 Å². The first kappa shape index (κ1) is 17.9. The van der Waals surface area contributed by atoms with E-state index in [4.69, 9.17) is 9.47 Å². The van der Waals surface area contributed by atoms with Gasteiger partial charge < -0.3 is 14.8 Å². The third kappa shape index (κ3) is 4.40. The monoisotopic (exact) mass is 354 g/mol. The standard InChI is InChI=1S/C20H22N2O4/c1-13-5-3-6-17(20(24)26-18-7-4-12-21-18)19(13)25-16-10-8-15(9-11-16)22-14(2)23/h3,5-6,8-11,18,21H,4,7,12H2,1-2H3,(H,22,23). The molecular weight excluding hydrogens is 332 g/mol. The quantitative estimate of drug-likeness (QED) is 0.802. The summed E-state index contributed by atoms with van der Waals surface area (Å²) in [6, 6.07) is 12.4. The van der Waals surface area contributed by atoms with Gasteiger partial charge in [0.2, 0.25) is 5.91 Å². The normalized spacial score (nSPS) is 16.2. The molecule has 0 aliphatic carbocycles. The lowest BCUT2D eigenvalue weighted by Crippen LogP contribution is -2.27. The zero-order chi connectivity index (χ0) is 18.5. The fourth-order valence-electron chi connectivity index (χ4n) is 2.82. The number of carbonyl (C=O) groups is 2. The minimum Gasteiger partial charge on any atom is -0.456 e. The van der Waals surface area contributed by atoms with E-state index in [1.807, 2.05) is 13.0 Å². The molecular formula is C20H22N2O4. The maximum Gasteiger partial charge on any atom is 0.343 e. The lowest BCUT2D eigenvalue weighted by Gasteiger charge is -2.16. The molecule has 3 rings (SSSR count). The summed E-state index contributed by atoms with van der Waals surface area (Å²) >= 11 is 0. The number of ether oxygens (including phenoxy) is 2. The van der Waals surface area contributed by atoms with E-state index in [1.54, 1.807) is 36.4 Å². The zero-order valence-corrected chi connectivity index (χ0v) is 14.9. The van der Waals surface area contributed by atoms with Gasteiger partial charge in [0, 0.05) is 12.6 Å². The first-order valence-electron chi connectivity index (χ1n) is 8.62. The topological polar surface area (TPSA) is 76.7 Å². The molecule has 1 aliphatic rings. The van der Waals surface area contributed by atoms with Gasteiger partial charge in [-0.25, -0.2) is 4.79 Å². The third-order valence-electron chi connectivity index (χ3n) is 4.09. The number of esters is 1. The maximum atomic E-state index is 12.5. The minimum absolute atomic E-state index is 0.136. The minimum atomic E-state index is -0.405. The SMILES string of the molecule is CC(=O)Nc1ccc(Oc2c(C)cccc2C(=O)OC2CCCN2)cc1. The molecule has 1 aliphatic heterocycles. The molecule has 26 heavy (non-hydrogen) atoms. The molecule has 0 radical (unpaired) electrons. The Morgan fingerprint density at radius 1 is 1.15 bits per heavy atom. The van der Waals surface area contributed by atoms with Crippen LogP contribution in [0.2, 0.25) is 0 Å². The predicted octanol–water partition coefficient (Wildman–Crippen LogP) is 3.61. The first-order valence-corrected chi connectivity index (χ1v) is 8.62. The van der Waals surface area contributed by atoms with Crippen LogP contribution in [0.3, 0.4) is 0 Å². The van der Waals surface area contributed by atoms with E-state index in [9.17, 15) is 9.59 Å². The number of nitrogens with one attached hydrogen (secondary N) is 2. The number of aryl methyl sites for hydroxylation is 1. The Balaban J connectivity index is 1.78. The largest absolute Gasteiger partial charge is 0.456 e. The molecule has 1 fully saturated rings. The molecule has 1 atom stereocenters. The van der Waals surface area contributed by atoms with Crippen LogP contribution < -0.4 is 15.4 Å². The van der Waals surface area contributed by atoms with E-state index in [-0.39, 0.29) is 12.1 Å². The number of hydrogen-bond donors (Lipinski definition) is 2. The molecule has 0 aromatic heterocycles. The van der Waals surface area contributed by atoms with Gasteiger partial charge in [-0.05, 0) is 62.2 Å². The van der Waals surface area contributed by atoms with Crippen molar-refractivity contribution in [2.45, 2.75) is 32.9 Å². The van der Waals surface area contributed by atoms with Crippen LogP contribution in [0.1, 0.15) is 35.7 Å². The van der Waals surface area contributed by atoms with Gasteiger partial charge >= 0.3 is 5.97 Å². The second kappa shape index (κ2) is 8.01. The highest BCUT2D eigenvalue weighted by molar-refractivity contribution is 5.93. The Morgan fingerprint density at radius 2 is 1.92 bits per heavy atom. The molecule has 2 N–H and O–H groups in total. The molecule has 1 amide bonds. The smallest absolute Gasteiger partial charge is 0.343 e. The van der Waals surface area contributed by atoms with Crippen molar-refractivity contribution in [2.24, 2.45) is 0 Å². The first-order chi connectivity index (χ1) is 12.5. The third-order valence-corrected chi connectivity index (χ3v) is 4.09. The fraction of sp³-hybridized carbons (Fsp3) is 0.300. The van der Waals surface area contributed by atoms with Crippen molar-refractivity contribution < 1.29 is 19.1 Å². The van der Waals surface area contributed by atoms with Crippen molar-refractivity contribution in [2.75, 3.05) is 11.9 Å². The highest BCUT2D eigenvalue weighted by Gasteiger charge is 2.22. The number of anilines is 1. The van der Waals surface area contributed by atoms with E-state index < -0.39 is 5.97 Å². The number of benzene rings is 2. The van der Waals surface area contributed by atoms with Crippen molar-refractivity contribution in [1.82, 2.24) is 5.32 Å². The Morgan fingerprint density at radius 3 is 2.58 bits per heavy atom. The van der Waals surface area contributed by atoms with Gasteiger partial charge in [-0.1, -0.05) is 12.1 Å². The Kier molecular flexibility index (Phi) is 5.53. The van der Waals surface area contributed by atoms with Crippen LogP contribution in [0.4, 0.5) is 5.69 Å². The number of amides is 1. The summed E-state index contributed by atoms with van der Waals surface area (Å²) in [4.78, 5) is 23.6. The van der Waals surface area contributed by atoms with E-state index in [0.29, 0.717) is 22.7 Å². The summed E-state index contributed by atoms with van der Waals surface area (Å²) in [5, 5.41) is 5.85. The molecule has 1 unspecified atom stereocenters. The second-order valence-corrected chi connectivity index (χ2v) is 6.25. The molecule has 6 nitrogen and oxygen atoms in total. The Bertz CT molecular complexity index is 796. The van der Waals surface area contributed by atoms with E-state index in [1.165, 1.54) is 6.92 Å². The molecule has 1 saturated heterocycles.